The molecule has 0 aromatic heterocycles. The average molecular weight is 441 g/mol. The van der Waals surface area contributed by atoms with Gasteiger partial charge in [0.1, 0.15) is 18.8 Å². The molecule has 2 amide bonds. The lowest BCUT2D eigenvalue weighted by molar-refractivity contribution is 0.0523. The molecule has 1 unspecified atom stereocenters. The minimum Gasteiger partial charge on any atom is -0.486 e. The summed E-state index contributed by atoms with van der Waals surface area (Å²) in [5.41, 5.74) is 1.85. The Labute approximate surface area is 189 Å². The topological polar surface area (TPSA) is 85.9 Å². The summed E-state index contributed by atoms with van der Waals surface area (Å²) in [7, 11) is 0. The van der Waals surface area contributed by atoms with Gasteiger partial charge in [-0.25, -0.2) is 4.79 Å². The number of nitrogens with one attached hydrogen (secondary N) is 2. The highest BCUT2D eigenvalue weighted by Crippen LogP contribution is 2.34. The number of carbonyl (C=O) groups excluding carboxylic acids is 2. The molecule has 1 heterocycles. The lowest BCUT2D eigenvalue weighted by Crippen LogP contribution is -2.32. The van der Waals surface area contributed by atoms with Crippen molar-refractivity contribution in [3.63, 3.8) is 0 Å². The molecule has 0 saturated heterocycles. The molecule has 0 spiro atoms. The Morgan fingerprint density at radius 2 is 1.66 bits per heavy atom. The lowest BCUT2D eigenvalue weighted by atomic mass is 9.95. The largest absolute Gasteiger partial charge is 0.486 e. The summed E-state index contributed by atoms with van der Waals surface area (Å²) in [6.07, 6.45) is -0.474. The van der Waals surface area contributed by atoms with Crippen molar-refractivity contribution in [2.24, 2.45) is 5.92 Å². The second-order valence-corrected chi connectivity index (χ2v) is 9.15. The van der Waals surface area contributed by atoms with E-state index in [9.17, 15) is 9.59 Å². The monoisotopic (exact) mass is 440 g/mol. The summed E-state index contributed by atoms with van der Waals surface area (Å²) in [6.45, 7) is 11.0. The third-order valence-electron chi connectivity index (χ3n) is 4.93. The quantitative estimate of drug-likeness (QED) is 0.685. The van der Waals surface area contributed by atoms with Crippen molar-refractivity contribution in [3.05, 3.63) is 59.2 Å². The van der Waals surface area contributed by atoms with Crippen LogP contribution in [-0.2, 0) is 11.3 Å². The van der Waals surface area contributed by atoms with Crippen LogP contribution in [-0.4, -0.2) is 30.8 Å². The number of rotatable bonds is 6. The molecule has 0 fully saturated rings. The maximum absolute atomic E-state index is 12.9. The van der Waals surface area contributed by atoms with Crippen LogP contribution in [0.4, 0.5) is 4.79 Å². The van der Waals surface area contributed by atoms with E-state index in [1.807, 2.05) is 51.1 Å². The highest BCUT2D eigenvalue weighted by atomic mass is 16.6. The number of carbonyl (C=O) groups is 2. The van der Waals surface area contributed by atoms with E-state index in [2.05, 4.69) is 24.5 Å². The van der Waals surface area contributed by atoms with Crippen molar-refractivity contribution in [2.45, 2.75) is 52.8 Å². The molecular formula is C25H32N2O5. The van der Waals surface area contributed by atoms with Gasteiger partial charge in [-0.3, -0.25) is 4.79 Å². The molecule has 7 nitrogen and oxygen atoms in total. The second-order valence-electron chi connectivity index (χ2n) is 9.15. The Morgan fingerprint density at radius 3 is 2.28 bits per heavy atom. The third kappa shape index (κ3) is 6.39. The number of hydrogen-bond acceptors (Lipinski definition) is 5. The SMILES string of the molecule is CC(C)C(NC(=O)c1ccc(CNC(=O)OC(C)(C)C)cc1)c1ccc2c(c1)OCCO2. The molecule has 0 aliphatic carbocycles. The predicted octanol–water partition coefficient (Wildman–Crippen LogP) is 4.61. The summed E-state index contributed by atoms with van der Waals surface area (Å²) < 4.78 is 16.5. The van der Waals surface area contributed by atoms with Crippen molar-refractivity contribution in [3.8, 4) is 11.5 Å². The molecule has 1 atom stereocenters. The van der Waals surface area contributed by atoms with Gasteiger partial charge in [0.05, 0.1) is 6.04 Å². The van der Waals surface area contributed by atoms with E-state index in [-0.39, 0.29) is 17.9 Å². The van der Waals surface area contributed by atoms with E-state index < -0.39 is 11.7 Å². The van der Waals surface area contributed by atoms with Gasteiger partial charge in [-0.15, -0.1) is 0 Å². The zero-order valence-electron chi connectivity index (χ0n) is 19.4. The van der Waals surface area contributed by atoms with E-state index in [4.69, 9.17) is 14.2 Å². The number of amides is 2. The van der Waals surface area contributed by atoms with Crippen LogP contribution in [0.1, 0.15) is 62.1 Å². The van der Waals surface area contributed by atoms with Crippen LogP contribution in [0.25, 0.3) is 0 Å². The number of benzene rings is 2. The Balaban J connectivity index is 1.63. The number of fused-ring (bicyclic) bond motifs is 1. The Hall–Kier alpha value is -3.22. The van der Waals surface area contributed by atoms with Gasteiger partial charge in [-0.2, -0.15) is 0 Å². The first kappa shape index (κ1) is 23.4. The second kappa shape index (κ2) is 9.94. The summed E-state index contributed by atoms with van der Waals surface area (Å²) in [5, 5.41) is 5.84. The first-order chi connectivity index (χ1) is 15.1. The summed E-state index contributed by atoms with van der Waals surface area (Å²) in [6, 6.07) is 12.8. The molecule has 1 aliphatic heterocycles. The van der Waals surface area contributed by atoms with Gasteiger partial charge < -0.3 is 24.8 Å². The molecule has 2 N–H and O–H groups in total. The molecule has 3 rings (SSSR count). The van der Waals surface area contributed by atoms with Crippen LogP contribution >= 0.6 is 0 Å². The van der Waals surface area contributed by atoms with Crippen LogP contribution in [0, 0.1) is 5.92 Å². The molecule has 2 aromatic rings. The van der Waals surface area contributed by atoms with E-state index in [0.717, 1.165) is 16.9 Å². The highest BCUT2D eigenvalue weighted by Gasteiger charge is 2.22. The Kier molecular flexibility index (Phi) is 7.28. The van der Waals surface area contributed by atoms with Gasteiger partial charge in [0.2, 0.25) is 0 Å². The van der Waals surface area contributed by atoms with Gasteiger partial charge in [0.25, 0.3) is 5.91 Å². The lowest BCUT2D eigenvalue weighted by Gasteiger charge is -2.25. The van der Waals surface area contributed by atoms with Crippen LogP contribution in [0.15, 0.2) is 42.5 Å². The minimum atomic E-state index is -0.545. The molecule has 172 valence electrons. The van der Waals surface area contributed by atoms with Crippen LogP contribution in [0.2, 0.25) is 0 Å². The fourth-order valence-corrected chi connectivity index (χ4v) is 3.38. The zero-order chi connectivity index (χ0) is 23.3. The smallest absolute Gasteiger partial charge is 0.407 e. The van der Waals surface area contributed by atoms with Gasteiger partial charge in [-0.05, 0) is 62.1 Å². The van der Waals surface area contributed by atoms with Crippen molar-refractivity contribution in [2.75, 3.05) is 13.2 Å². The summed E-state index contributed by atoms with van der Waals surface area (Å²) in [4.78, 5) is 24.7. The Morgan fingerprint density at radius 1 is 1.00 bits per heavy atom. The molecular weight excluding hydrogens is 408 g/mol. The van der Waals surface area contributed by atoms with Gasteiger partial charge in [-0.1, -0.05) is 32.0 Å². The van der Waals surface area contributed by atoms with E-state index in [0.29, 0.717) is 31.1 Å². The molecule has 0 saturated carbocycles. The summed E-state index contributed by atoms with van der Waals surface area (Å²) >= 11 is 0. The first-order valence-electron chi connectivity index (χ1n) is 10.9. The van der Waals surface area contributed by atoms with E-state index in [1.165, 1.54) is 0 Å². The molecule has 1 aliphatic rings. The minimum absolute atomic E-state index is 0.162. The standard InChI is InChI=1S/C25H32N2O5/c1-16(2)22(19-10-11-20-21(14-19)31-13-12-30-20)27-23(28)18-8-6-17(7-9-18)15-26-24(29)32-25(3,4)5/h6-11,14,16,22H,12-13,15H2,1-5H3,(H,26,29)(H,27,28). The van der Waals surface area contributed by atoms with E-state index in [1.54, 1.807) is 12.1 Å². The highest BCUT2D eigenvalue weighted by molar-refractivity contribution is 5.94. The fourth-order valence-electron chi connectivity index (χ4n) is 3.38. The predicted molar refractivity (Wildman–Crippen MR) is 122 cm³/mol. The molecule has 32 heavy (non-hydrogen) atoms. The maximum Gasteiger partial charge on any atom is 0.407 e. The maximum atomic E-state index is 12.9. The molecule has 2 aromatic carbocycles. The van der Waals surface area contributed by atoms with Crippen molar-refractivity contribution >= 4 is 12.0 Å². The van der Waals surface area contributed by atoms with Crippen molar-refractivity contribution < 1.29 is 23.8 Å². The van der Waals surface area contributed by atoms with Gasteiger partial charge >= 0.3 is 6.09 Å². The van der Waals surface area contributed by atoms with Crippen LogP contribution in [0.5, 0.6) is 11.5 Å². The third-order valence-corrected chi connectivity index (χ3v) is 4.93. The fraction of sp³-hybridized carbons (Fsp3) is 0.440. The normalized spacial score (nSPS) is 13.9. The average Bonchev–Trinajstić information content (AvgIpc) is 2.74. The van der Waals surface area contributed by atoms with Crippen molar-refractivity contribution in [1.82, 2.24) is 10.6 Å². The van der Waals surface area contributed by atoms with Gasteiger partial charge in [0, 0.05) is 12.1 Å². The number of ether oxygens (including phenoxy) is 3. The Bertz CT molecular complexity index is 948. The van der Waals surface area contributed by atoms with Gasteiger partial charge in [0.15, 0.2) is 11.5 Å². The van der Waals surface area contributed by atoms with Crippen LogP contribution in [0.3, 0.4) is 0 Å². The van der Waals surface area contributed by atoms with Crippen LogP contribution < -0.4 is 20.1 Å². The molecule has 0 radical (unpaired) electrons. The first-order valence-corrected chi connectivity index (χ1v) is 10.9. The molecule has 0 bridgehead atoms. The summed E-state index contributed by atoms with van der Waals surface area (Å²) in [5.74, 6) is 1.45. The van der Waals surface area contributed by atoms with E-state index >= 15 is 0 Å². The van der Waals surface area contributed by atoms with Crippen molar-refractivity contribution in [1.29, 1.82) is 0 Å². The number of alkyl carbamates (subject to hydrolysis) is 1. The number of hydrogen-bond donors (Lipinski definition) is 2. The molecule has 7 heteroatoms. The zero-order valence-corrected chi connectivity index (χ0v) is 19.4.